The second-order valence-corrected chi connectivity index (χ2v) is 8.58. The van der Waals surface area contributed by atoms with E-state index in [1.165, 1.54) is 0 Å². The highest BCUT2D eigenvalue weighted by molar-refractivity contribution is 6.31. The molecule has 0 aliphatic carbocycles. The molecule has 9 heteroatoms. The predicted molar refractivity (Wildman–Crippen MR) is 137 cm³/mol. The highest BCUT2D eigenvalue weighted by atomic mass is 16.2. The number of nitrogens with two attached hydrogens (primary N) is 1. The van der Waals surface area contributed by atoms with Crippen LogP contribution in [0.2, 0.25) is 0 Å². The highest BCUT2D eigenvalue weighted by Crippen LogP contribution is 2.34. The Bertz CT molecular complexity index is 1310. The molecule has 2 aromatic carbocycles. The first-order valence-corrected chi connectivity index (χ1v) is 11.2. The number of carbonyl (C=O) groups is 3. The summed E-state index contributed by atoms with van der Waals surface area (Å²) in [5, 5.41) is 8.29. The molecule has 180 valence electrons. The molecule has 2 heterocycles. The monoisotopic (exact) mass is 472 g/mol. The first-order valence-electron chi connectivity index (χ1n) is 11.2. The first-order chi connectivity index (χ1) is 16.8. The van der Waals surface area contributed by atoms with E-state index in [2.05, 4.69) is 20.9 Å². The molecule has 9 nitrogen and oxygen atoms in total. The van der Waals surface area contributed by atoms with Crippen molar-refractivity contribution in [2.75, 3.05) is 37.8 Å². The van der Waals surface area contributed by atoms with E-state index in [9.17, 15) is 14.4 Å². The van der Waals surface area contributed by atoms with Gasteiger partial charge in [-0.2, -0.15) is 0 Å². The number of amides is 4. The number of likely N-dealkylation sites (N-methyl/N-ethyl adjacent to an activating group) is 1. The number of hydrogen-bond donors (Lipinski definition) is 5. The van der Waals surface area contributed by atoms with E-state index in [1.54, 1.807) is 24.3 Å². The molecule has 4 amide bonds. The number of fused-ring (bicyclic) bond motifs is 1. The zero-order valence-corrected chi connectivity index (χ0v) is 19.6. The number of H-pyrrole nitrogens is 1. The van der Waals surface area contributed by atoms with Gasteiger partial charge in [0, 0.05) is 59.5 Å². The zero-order valence-electron chi connectivity index (χ0n) is 19.6. The highest BCUT2D eigenvalue weighted by Gasteiger charge is 2.24. The van der Waals surface area contributed by atoms with Crippen LogP contribution in [0.3, 0.4) is 0 Å². The van der Waals surface area contributed by atoms with Crippen LogP contribution in [0.4, 0.5) is 16.2 Å². The molecule has 35 heavy (non-hydrogen) atoms. The number of primary amides is 1. The van der Waals surface area contributed by atoms with Crippen molar-refractivity contribution in [3.63, 3.8) is 0 Å². The van der Waals surface area contributed by atoms with E-state index in [4.69, 9.17) is 5.73 Å². The minimum atomic E-state index is -0.665. The number of aromatic amines is 1. The third kappa shape index (κ3) is 5.77. The van der Waals surface area contributed by atoms with Crippen LogP contribution in [0, 0.1) is 0 Å². The molecule has 6 N–H and O–H groups in total. The Morgan fingerprint density at radius 2 is 1.91 bits per heavy atom. The SMILES string of the molecule is CN(C)CCNC(=O)c1cccc(-c2c[nH]c(CC=C3C(=O)Nc4ccc(NC(N)=O)cc43)c2)c1. The third-order valence-corrected chi connectivity index (χ3v) is 5.64. The number of hydrogen-bond acceptors (Lipinski definition) is 4. The van der Waals surface area contributed by atoms with Crippen LogP contribution in [0.15, 0.2) is 60.8 Å². The van der Waals surface area contributed by atoms with Gasteiger partial charge in [-0.15, -0.1) is 0 Å². The van der Waals surface area contributed by atoms with Gasteiger partial charge < -0.3 is 31.6 Å². The molecule has 4 rings (SSSR count). The van der Waals surface area contributed by atoms with E-state index in [1.807, 2.05) is 55.5 Å². The van der Waals surface area contributed by atoms with Crippen molar-refractivity contribution >= 4 is 34.8 Å². The molecule has 1 aromatic heterocycles. The van der Waals surface area contributed by atoms with Crippen LogP contribution >= 0.6 is 0 Å². The molecular weight excluding hydrogens is 444 g/mol. The van der Waals surface area contributed by atoms with Crippen molar-refractivity contribution < 1.29 is 14.4 Å². The molecule has 0 bridgehead atoms. The average Bonchev–Trinajstić information content (AvgIpc) is 3.41. The number of nitrogens with zero attached hydrogens (tertiary/aromatic N) is 1. The maximum Gasteiger partial charge on any atom is 0.316 e. The lowest BCUT2D eigenvalue weighted by atomic mass is 10.0. The molecule has 0 saturated heterocycles. The summed E-state index contributed by atoms with van der Waals surface area (Å²) in [6.45, 7) is 1.35. The van der Waals surface area contributed by atoms with Gasteiger partial charge in [0.15, 0.2) is 0 Å². The Morgan fingerprint density at radius 1 is 1.09 bits per heavy atom. The average molecular weight is 473 g/mol. The largest absolute Gasteiger partial charge is 0.364 e. The van der Waals surface area contributed by atoms with Crippen molar-refractivity contribution in [3.05, 3.63) is 77.6 Å². The minimum absolute atomic E-state index is 0.106. The normalized spacial score (nSPS) is 13.6. The standard InChI is InChI=1S/C26H28N6O3/c1-32(2)11-10-28-24(33)17-5-3-4-16(12-17)18-13-19(29-15-18)6-8-21-22-14-20(30-26(27)35)7-9-23(22)31-25(21)34/h3-5,7-9,12-15,29H,6,10-11H2,1-2H3,(H,28,33)(H,31,34)(H3,27,30,35). The number of allylic oxidation sites excluding steroid dienone is 1. The van der Waals surface area contributed by atoms with Crippen molar-refractivity contribution in [2.45, 2.75) is 6.42 Å². The number of aromatic nitrogens is 1. The lowest BCUT2D eigenvalue weighted by molar-refractivity contribution is -0.110. The second-order valence-electron chi connectivity index (χ2n) is 8.58. The fourth-order valence-corrected chi connectivity index (χ4v) is 3.88. The van der Waals surface area contributed by atoms with E-state index in [0.29, 0.717) is 41.0 Å². The molecular formula is C26H28N6O3. The topological polar surface area (TPSA) is 132 Å². The van der Waals surface area contributed by atoms with Crippen LogP contribution in [0.1, 0.15) is 21.6 Å². The quantitative estimate of drug-likeness (QED) is 0.322. The Balaban J connectivity index is 1.47. The molecule has 0 radical (unpaired) electrons. The summed E-state index contributed by atoms with van der Waals surface area (Å²) in [6.07, 6.45) is 4.23. The molecule has 3 aromatic rings. The summed E-state index contributed by atoms with van der Waals surface area (Å²) in [6, 6.07) is 13.9. The summed E-state index contributed by atoms with van der Waals surface area (Å²) < 4.78 is 0. The van der Waals surface area contributed by atoms with E-state index in [0.717, 1.165) is 23.4 Å². The summed E-state index contributed by atoms with van der Waals surface area (Å²) in [5.41, 5.74) is 11.0. The Labute approximate surface area is 203 Å². The van der Waals surface area contributed by atoms with Gasteiger partial charge in [-0.3, -0.25) is 9.59 Å². The maximum absolute atomic E-state index is 12.5. The fraction of sp³-hybridized carbons (Fsp3) is 0.192. The zero-order chi connectivity index (χ0) is 24.9. The van der Waals surface area contributed by atoms with Gasteiger partial charge in [0.25, 0.3) is 11.8 Å². The Kier molecular flexibility index (Phi) is 6.98. The van der Waals surface area contributed by atoms with Crippen molar-refractivity contribution in [2.24, 2.45) is 5.73 Å². The molecule has 1 aliphatic heterocycles. The van der Waals surface area contributed by atoms with Crippen molar-refractivity contribution in [3.8, 4) is 11.1 Å². The number of rotatable bonds is 8. The third-order valence-electron chi connectivity index (χ3n) is 5.64. The molecule has 0 spiro atoms. The predicted octanol–water partition coefficient (Wildman–Crippen LogP) is 3.04. The van der Waals surface area contributed by atoms with Gasteiger partial charge in [0.2, 0.25) is 0 Å². The van der Waals surface area contributed by atoms with Crippen LogP contribution in [0.25, 0.3) is 16.7 Å². The Morgan fingerprint density at radius 3 is 2.69 bits per heavy atom. The van der Waals surface area contributed by atoms with Crippen LogP contribution in [-0.2, 0) is 11.2 Å². The van der Waals surface area contributed by atoms with Gasteiger partial charge in [-0.25, -0.2) is 4.79 Å². The number of urea groups is 1. The van der Waals surface area contributed by atoms with E-state index >= 15 is 0 Å². The summed E-state index contributed by atoms with van der Waals surface area (Å²) >= 11 is 0. The maximum atomic E-state index is 12.5. The first kappa shape index (κ1) is 23.8. The van der Waals surface area contributed by atoms with Gasteiger partial charge in [-0.1, -0.05) is 18.2 Å². The number of benzene rings is 2. The molecule has 1 aliphatic rings. The van der Waals surface area contributed by atoms with Gasteiger partial charge in [0.05, 0.1) is 0 Å². The van der Waals surface area contributed by atoms with Gasteiger partial charge in [0.1, 0.15) is 0 Å². The summed E-state index contributed by atoms with van der Waals surface area (Å²) in [5.74, 6) is -0.304. The van der Waals surface area contributed by atoms with Crippen molar-refractivity contribution in [1.29, 1.82) is 0 Å². The lowest BCUT2D eigenvalue weighted by Gasteiger charge is -2.10. The smallest absolute Gasteiger partial charge is 0.316 e. The molecule has 0 unspecified atom stereocenters. The molecule has 0 fully saturated rings. The van der Waals surface area contributed by atoms with E-state index < -0.39 is 6.03 Å². The van der Waals surface area contributed by atoms with Crippen LogP contribution < -0.4 is 21.7 Å². The summed E-state index contributed by atoms with van der Waals surface area (Å²) in [4.78, 5) is 41.4. The van der Waals surface area contributed by atoms with Crippen LogP contribution in [-0.4, -0.2) is 54.9 Å². The minimum Gasteiger partial charge on any atom is -0.364 e. The van der Waals surface area contributed by atoms with Gasteiger partial charge in [-0.05, 0) is 61.6 Å². The number of carbonyl (C=O) groups excluding carboxylic acids is 3. The van der Waals surface area contributed by atoms with Gasteiger partial charge >= 0.3 is 6.03 Å². The summed E-state index contributed by atoms with van der Waals surface area (Å²) in [7, 11) is 3.92. The lowest BCUT2D eigenvalue weighted by Crippen LogP contribution is -2.31. The second kappa shape index (κ2) is 10.3. The Hall–Kier alpha value is -4.37. The van der Waals surface area contributed by atoms with E-state index in [-0.39, 0.29) is 11.8 Å². The molecule has 0 saturated carbocycles. The fourth-order valence-electron chi connectivity index (χ4n) is 3.88. The number of anilines is 2. The number of nitrogens with one attached hydrogen (secondary N) is 4. The van der Waals surface area contributed by atoms with Crippen molar-refractivity contribution in [1.82, 2.24) is 15.2 Å². The van der Waals surface area contributed by atoms with Crippen LogP contribution in [0.5, 0.6) is 0 Å². The molecule has 0 atom stereocenters.